The van der Waals surface area contributed by atoms with Crippen LogP contribution in [0.15, 0.2) is 36.5 Å². The van der Waals surface area contributed by atoms with Gasteiger partial charge in [0.15, 0.2) is 0 Å². The molecule has 1 saturated carbocycles. The monoisotopic (exact) mass is 475 g/mol. The zero-order valence-corrected chi connectivity index (χ0v) is 20.9. The molecule has 1 unspecified atom stereocenters. The van der Waals surface area contributed by atoms with Crippen LogP contribution < -0.4 is 15.5 Å². The van der Waals surface area contributed by atoms with E-state index in [4.69, 9.17) is 4.98 Å². The molecule has 0 radical (unpaired) electrons. The molecule has 184 valence electrons. The molecule has 3 aliphatic rings. The fourth-order valence-electron chi connectivity index (χ4n) is 5.97. The molecule has 3 heterocycles. The minimum atomic E-state index is -1.13. The van der Waals surface area contributed by atoms with Crippen LogP contribution >= 0.6 is 0 Å². The Balaban J connectivity index is 1.38. The largest absolute Gasteiger partial charge is 0.352 e. The topological polar surface area (TPSA) is 94.6 Å². The highest BCUT2D eigenvalue weighted by Gasteiger charge is 2.51. The minimum Gasteiger partial charge on any atom is -0.352 e. The summed E-state index contributed by atoms with van der Waals surface area (Å²) >= 11 is 0. The Morgan fingerprint density at radius 2 is 1.80 bits per heavy atom. The number of aromatic nitrogens is 1. The molecule has 4 amide bonds. The second kappa shape index (κ2) is 8.36. The number of amides is 4. The van der Waals surface area contributed by atoms with E-state index in [1.807, 2.05) is 24.9 Å². The van der Waals surface area contributed by atoms with Gasteiger partial charge < -0.3 is 15.1 Å². The van der Waals surface area contributed by atoms with Gasteiger partial charge in [-0.2, -0.15) is 0 Å². The summed E-state index contributed by atoms with van der Waals surface area (Å²) in [4.78, 5) is 47.3. The van der Waals surface area contributed by atoms with E-state index in [1.165, 1.54) is 0 Å². The van der Waals surface area contributed by atoms with Gasteiger partial charge in [0.05, 0.1) is 5.54 Å². The molecule has 2 saturated heterocycles. The van der Waals surface area contributed by atoms with Crippen molar-refractivity contribution in [3.05, 3.63) is 58.8 Å². The maximum Gasteiger partial charge on any atom is 0.322 e. The molecule has 5 rings (SSSR count). The number of hydrogen-bond acceptors (Lipinski definition) is 5. The molecule has 1 aromatic carbocycles. The molecule has 1 aromatic heterocycles. The van der Waals surface area contributed by atoms with Crippen molar-refractivity contribution in [2.75, 3.05) is 24.5 Å². The molecule has 1 spiro atoms. The Morgan fingerprint density at radius 3 is 2.34 bits per heavy atom. The number of anilines is 1. The highest BCUT2D eigenvalue weighted by molar-refractivity contribution is 6.07. The first-order valence-electron chi connectivity index (χ1n) is 12.4. The molecular weight excluding hydrogens is 442 g/mol. The number of imide groups is 1. The number of urea groups is 1. The molecule has 1 atom stereocenters. The van der Waals surface area contributed by atoms with Crippen LogP contribution in [0.25, 0.3) is 0 Å². The molecular formula is C27H33N5O3. The number of rotatable bonds is 4. The predicted octanol–water partition coefficient (Wildman–Crippen LogP) is 3.27. The molecule has 1 aliphatic carbocycles. The third-order valence-electron chi connectivity index (χ3n) is 8.02. The van der Waals surface area contributed by atoms with Crippen molar-refractivity contribution in [2.24, 2.45) is 5.92 Å². The van der Waals surface area contributed by atoms with Crippen LogP contribution in [0.2, 0.25) is 0 Å². The van der Waals surface area contributed by atoms with Gasteiger partial charge in [-0.15, -0.1) is 0 Å². The highest BCUT2D eigenvalue weighted by atomic mass is 16.2. The Kier molecular flexibility index (Phi) is 5.57. The smallest absolute Gasteiger partial charge is 0.322 e. The lowest BCUT2D eigenvalue weighted by Gasteiger charge is -2.56. The second-order valence-electron chi connectivity index (χ2n) is 10.6. The second-order valence-corrected chi connectivity index (χ2v) is 10.6. The number of piperazine rings is 1. The number of nitrogens with one attached hydrogen (secondary N) is 2. The fourth-order valence-corrected chi connectivity index (χ4v) is 5.97. The molecule has 8 nitrogen and oxygen atoms in total. The number of hydrogen-bond donors (Lipinski definition) is 2. The zero-order valence-electron chi connectivity index (χ0n) is 20.9. The summed E-state index contributed by atoms with van der Waals surface area (Å²) in [6.45, 7) is 10.1. The quantitative estimate of drug-likeness (QED) is 0.662. The van der Waals surface area contributed by atoms with Crippen molar-refractivity contribution >= 4 is 23.7 Å². The van der Waals surface area contributed by atoms with Crippen LogP contribution in [0.1, 0.15) is 60.2 Å². The lowest BCUT2D eigenvalue weighted by Crippen LogP contribution is -2.67. The molecule has 2 N–H and O–H groups in total. The number of benzene rings is 1. The Labute approximate surface area is 206 Å². The molecule has 35 heavy (non-hydrogen) atoms. The highest BCUT2D eigenvalue weighted by Crippen LogP contribution is 2.42. The standard InChI is InChI=1S/C27H33N5O3/c1-17(2)27(24(34)29-25(35)30-27)21-8-6-20(7-9-21)23(33)32-13-12-31(16-26(32)10-5-11-26)22-19(4)14-18(3)15-28-22/h6-9,14-15,17H,5,10-13,16H2,1-4H3,(H2,29,30,34,35). The number of nitrogens with zero attached hydrogens (tertiary/aromatic N) is 3. The summed E-state index contributed by atoms with van der Waals surface area (Å²) in [5.74, 6) is 0.513. The molecule has 2 aromatic rings. The van der Waals surface area contributed by atoms with Gasteiger partial charge in [-0.05, 0) is 67.9 Å². The number of carbonyl (C=O) groups is 3. The van der Waals surface area contributed by atoms with Crippen molar-refractivity contribution in [1.82, 2.24) is 20.5 Å². The van der Waals surface area contributed by atoms with Crippen LogP contribution in [0, 0.1) is 19.8 Å². The summed E-state index contributed by atoms with van der Waals surface area (Å²) in [6, 6.07) is 8.82. The van der Waals surface area contributed by atoms with E-state index in [-0.39, 0.29) is 23.3 Å². The maximum atomic E-state index is 13.7. The molecule has 2 aliphatic heterocycles. The van der Waals surface area contributed by atoms with E-state index in [0.717, 1.165) is 49.3 Å². The minimum absolute atomic E-state index is 0.0167. The first-order valence-corrected chi connectivity index (χ1v) is 12.4. The van der Waals surface area contributed by atoms with E-state index in [2.05, 4.69) is 35.4 Å². The number of aryl methyl sites for hydroxylation is 2. The van der Waals surface area contributed by atoms with Crippen molar-refractivity contribution < 1.29 is 14.4 Å². The van der Waals surface area contributed by atoms with Crippen molar-refractivity contribution in [3.63, 3.8) is 0 Å². The van der Waals surface area contributed by atoms with Crippen molar-refractivity contribution in [3.8, 4) is 0 Å². The van der Waals surface area contributed by atoms with Crippen LogP contribution in [0.4, 0.5) is 10.6 Å². The van der Waals surface area contributed by atoms with Gasteiger partial charge in [0.1, 0.15) is 11.4 Å². The van der Waals surface area contributed by atoms with E-state index in [1.54, 1.807) is 24.3 Å². The van der Waals surface area contributed by atoms with E-state index in [9.17, 15) is 14.4 Å². The van der Waals surface area contributed by atoms with Crippen LogP contribution in [-0.4, -0.2) is 52.9 Å². The zero-order chi connectivity index (χ0) is 25.0. The van der Waals surface area contributed by atoms with Gasteiger partial charge in [-0.1, -0.05) is 32.0 Å². The third-order valence-corrected chi connectivity index (χ3v) is 8.02. The predicted molar refractivity (Wildman–Crippen MR) is 133 cm³/mol. The van der Waals surface area contributed by atoms with Gasteiger partial charge in [0.2, 0.25) is 0 Å². The van der Waals surface area contributed by atoms with E-state index < -0.39 is 11.6 Å². The van der Waals surface area contributed by atoms with E-state index >= 15 is 0 Å². The van der Waals surface area contributed by atoms with Crippen LogP contribution in [0.3, 0.4) is 0 Å². The summed E-state index contributed by atoms with van der Waals surface area (Å²) in [6.07, 6.45) is 5.00. The lowest BCUT2D eigenvalue weighted by molar-refractivity contribution is -0.125. The summed E-state index contributed by atoms with van der Waals surface area (Å²) in [7, 11) is 0. The fraction of sp³-hybridized carbons (Fsp3) is 0.481. The van der Waals surface area contributed by atoms with Gasteiger partial charge in [-0.25, -0.2) is 9.78 Å². The van der Waals surface area contributed by atoms with Crippen molar-refractivity contribution in [1.29, 1.82) is 0 Å². The summed E-state index contributed by atoms with van der Waals surface area (Å²) < 4.78 is 0. The lowest BCUT2D eigenvalue weighted by atomic mass is 9.73. The number of carbonyl (C=O) groups excluding carboxylic acids is 3. The maximum absolute atomic E-state index is 13.7. The summed E-state index contributed by atoms with van der Waals surface area (Å²) in [5, 5.41) is 5.15. The first kappa shape index (κ1) is 23.3. The Morgan fingerprint density at radius 1 is 1.09 bits per heavy atom. The van der Waals surface area contributed by atoms with Gasteiger partial charge >= 0.3 is 6.03 Å². The average molecular weight is 476 g/mol. The SMILES string of the molecule is Cc1cnc(N2CCN(C(=O)c3ccc(C4(C(C)C)NC(=O)NC4=O)cc3)C3(CCC3)C2)c(C)c1. The van der Waals surface area contributed by atoms with Gasteiger partial charge in [0, 0.05) is 31.4 Å². The normalized spacial score (nSPS) is 23.3. The van der Waals surface area contributed by atoms with Gasteiger partial charge in [-0.3, -0.25) is 14.9 Å². The molecule has 8 heteroatoms. The molecule has 0 bridgehead atoms. The third kappa shape index (κ3) is 3.66. The Hall–Kier alpha value is -3.42. The summed E-state index contributed by atoms with van der Waals surface area (Å²) in [5.41, 5.74) is 2.29. The number of pyridine rings is 1. The molecule has 3 fully saturated rings. The van der Waals surface area contributed by atoms with Crippen LogP contribution in [0.5, 0.6) is 0 Å². The first-order chi connectivity index (χ1) is 16.7. The van der Waals surface area contributed by atoms with Crippen LogP contribution in [-0.2, 0) is 10.3 Å². The van der Waals surface area contributed by atoms with Crippen molar-refractivity contribution in [2.45, 2.75) is 58.0 Å². The Bertz CT molecular complexity index is 1190. The average Bonchev–Trinajstić information content (AvgIpc) is 3.12. The van der Waals surface area contributed by atoms with E-state index in [0.29, 0.717) is 17.7 Å². The van der Waals surface area contributed by atoms with Gasteiger partial charge in [0.25, 0.3) is 11.8 Å².